The van der Waals surface area contributed by atoms with Crippen LogP contribution < -0.4 is 0 Å². The second-order valence-corrected chi connectivity index (χ2v) is 3.27. The maximum absolute atomic E-state index is 11.3. The molecular weight excluding hydrogens is 184 g/mol. The standard InChI is InChI=1S/C10H8O4/c1-10(9(12)13)7-5-3-2-4-6(7)8(11)14-10/h2-5H,1H3,(H,12,13)/t10-/m0/s1. The Hall–Kier alpha value is -1.84. The number of esters is 1. The van der Waals surface area contributed by atoms with Crippen molar-refractivity contribution >= 4 is 11.9 Å². The molecule has 0 radical (unpaired) electrons. The van der Waals surface area contributed by atoms with Gasteiger partial charge in [-0.3, -0.25) is 0 Å². The van der Waals surface area contributed by atoms with E-state index in [1.165, 1.54) is 6.92 Å². The number of aliphatic carboxylic acids is 1. The van der Waals surface area contributed by atoms with Gasteiger partial charge in [0.1, 0.15) is 0 Å². The zero-order valence-electron chi connectivity index (χ0n) is 7.48. The van der Waals surface area contributed by atoms with E-state index in [9.17, 15) is 9.59 Å². The molecule has 0 aromatic heterocycles. The number of rotatable bonds is 1. The van der Waals surface area contributed by atoms with Gasteiger partial charge in [-0.25, -0.2) is 9.59 Å². The molecule has 0 spiro atoms. The van der Waals surface area contributed by atoms with Crippen molar-refractivity contribution in [2.24, 2.45) is 0 Å². The second kappa shape index (κ2) is 2.57. The largest absolute Gasteiger partial charge is 0.478 e. The van der Waals surface area contributed by atoms with E-state index in [1.54, 1.807) is 24.3 Å². The molecular formula is C10H8O4. The van der Waals surface area contributed by atoms with Crippen molar-refractivity contribution in [3.05, 3.63) is 35.4 Å². The van der Waals surface area contributed by atoms with Crippen molar-refractivity contribution in [2.45, 2.75) is 12.5 Å². The summed E-state index contributed by atoms with van der Waals surface area (Å²) in [5.74, 6) is -1.73. The Morgan fingerprint density at radius 3 is 2.71 bits per heavy atom. The van der Waals surface area contributed by atoms with Crippen LogP contribution in [0.1, 0.15) is 22.8 Å². The zero-order chi connectivity index (χ0) is 10.3. The van der Waals surface area contributed by atoms with Gasteiger partial charge in [0.15, 0.2) is 0 Å². The summed E-state index contributed by atoms with van der Waals surface area (Å²) in [6, 6.07) is 6.51. The smallest absolute Gasteiger partial charge is 0.352 e. The van der Waals surface area contributed by atoms with Crippen LogP contribution in [0.25, 0.3) is 0 Å². The average Bonchev–Trinajstić information content (AvgIpc) is 2.42. The Morgan fingerprint density at radius 2 is 2.07 bits per heavy atom. The van der Waals surface area contributed by atoms with E-state index in [4.69, 9.17) is 9.84 Å². The Labute approximate surface area is 80.1 Å². The van der Waals surface area contributed by atoms with Gasteiger partial charge in [-0.05, 0) is 13.0 Å². The maximum atomic E-state index is 11.3. The minimum atomic E-state index is -1.53. The molecule has 1 aromatic carbocycles. The van der Waals surface area contributed by atoms with Crippen molar-refractivity contribution in [2.75, 3.05) is 0 Å². The lowest BCUT2D eigenvalue weighted by Gasteiger charge is -2.17. The van der Waals surface area contributed by atoms with Crippen LogP contribution in [0.2, 0.25) is 0 Å². The number of hydrogen-bond donors (Lipinski definition) is 1. The number of ether oxygens (including phenoxy) is 1. The normalized spacial score (nSPS) is 24.2. The van der Waals surface area contributed by atoms with Crippen LogP contribution >= 0.6 is 0 Å². The summed E-state index contributed by atoms with van der Waals surface area (Å²) in [5.41, 5.74) is -0.789. The minimum Gasteiger partial charge on any atom is -0.478 e. The van der Waals surface area contributed by atoms with Gasteiger partial charge in [-0.2, -0.15) is 0 Å². The third kappa shape index (κ3) is 0.937. The molecule has 1 heterocycles. The van der Waals surface area contributed by atoms with Crippen LogP contribution in [-0.4, -0.2) is 17.0 Å². The van der Waals surface area contributed by atoms with Crippen molar-refractivity contribution in [1.82, 2.24) is 0 Å². The van der Waals surface area contributed by atoms with E-state index in [0.29, 0.717) is 11.1 Å². The second-order valence-electron chi connectivity index (χ2n) is 3.27. The van der Waals surface area contributed by atoms with Crippen LogP contribution in [0.15, 0.2) is 24.3 Å². The highest BCUT2D eigenvalue weighted by molar-refractivity contribution is 6.00. The summed E-state index contributed by atoms with van der Waals surface area (Å²) >= 11 is 0. The quantitative estimate of drug-likeness (QED) is 0.678. The number of fused-ring (bicyclic) bond motifs is 1. The maximum Gasteiger partial charge on any atom is 0.352 e. The summed E-state index contributed by atoms with van der Waals surface area (Å²) in [6.45, 7) is 1.37. The van der Waals surface area contributed by atoms with E-state index < -0.39 is 17.5 Å². The van der Waals surface area contributed by atoms with E-state index >= 15 is 0 Å². The van der Waals surface area contributed by atoms with Crippen LogP contribution in [0.5, 0.6) is 0 Å². The van der Waals surface area contributed by atoms with Crippen molar-refractivity contribution in [3.8, 4) is 0 Å². The molecule has 1 aliphatic heterocycles. The molecule has 14 heavy (non-hydrogen) atoms. The molecule has 72 valence electrons. The molecule has 2 rings (SSSR count). The van der Waals surface area contributed by atoms with Gasteiger partial charge in [0.05, 0.1) is 5.56 Å². The molecule has 4 heteroatoms. The van der Waals surface area contributed by atoms with E-state index in [-0.39, 0.29) is 0 Å². The number of benzene rings is 1. The fourth-order valence-electron chi connectivity index (χ4n) is 1.53. The van der Waals surface area contributed by atoms with Crippen molar-refractivity contribution in [1.29, 1.82) is 0 Å². The molecule has 0 aliphatic carbocycles. The Morgan fingerprint density at radius 1 is 1.43 bits per heavy atom. The highest BCUT2D eigenvalue weighted by atomic mass is 16.6. The number of carbonyl (C=O) groups excluding carboxylic acids is 1. The average molecular weight is 192 g/mol. The van der Waals surface area contributed by atoms with Gasteiger partial charge in [0.25, 0.3) is 0 Å². The summed E-state index contributed by atoms with van der Waals surface area (Å²) in [6.07, 6.45) is 0. The van der Waals surface area contributed by atoms with E-state index in [0.717, 1.165) is 0 Å². The highest BCUT2D eigenvalue weighted by Gasteiger charge is 2.47. The van der Waals surface area contributed by atoms with Crippen molar-refractivity contribution < 1.29 is 19.4 Å². The summed E-state index contributed by atoms with van der Waals surface area (Å²) in [4.78, 5) is 22.3. The Balaban J connectivity index is 2.65. The van der Waals surface area contributed by atoms with Crippen LogP contribution in [0.3, 0.4) is 0 Å². The SMILES string of the molecule is C[C@]1(C(=O)O)OC(=O)c2ccccc21. The first-order valence-electron chi connectivity index (χ1n) is 4.12. The fraction of sp³-hybridized carbons (Fsp3) is 0.200. The molecule has 4 nitrogen and oxygen atoms in total. The van der Waals surface area contributed by atoms with Crippen molar-refractivity contribution in [3.63, 3.8) is 0 Å². The fourth-order valence-corrected chi connectivity index (χ4v) is 1.53. The monoisotopic (exact) mass is 192 g/mol. The van der Waals surface area contributed by atoms with Crippen LogP contribution in [0.4, 0.5) is 0 Å². The molecule has 0 saturated carbocycles. The first-order chi connectivity index (χ1) is 6.55. The first-order valence-corrected chi connectivity index (χ1v) is 4.12. The Bertz CT molecular complexity index is 424. The molecule has 1 aliphatic rings. The van der Waals surface area contributed by atoms with Gasteiger partial charge in [-0.15, -0.1) is 0 Å². The highest BCUT2D eigenvalue weighted by Crippen LogP contribution is 2.35. The number of carboxylic acid groups (broad SMARTS) is 1. The molecule has 1 aromatic rings. The van der Waals surface area contributed by atoms with Gasteiger partial charge in [0, 0.05) is 5.56 Å². The van der Waals surface area contributed by atoms with Gasteiger partial charge in [0.2, 0.25) is 5.60 Å². The van der Waals surface area contributed by atoms with Gasteiger partial charge < -0.3 is 9.84 Å². The third-order valence-corrected chi connectivity index (χ3v) is 2.37. The molecule has 0 saturated heterocycles. The lowest BCUT2D eigenvalue weighted by Crippen LogP contribution is -2.32. The Kier molecular flexibility index (Phi) is 1.61. The number of carbonyl (C=O) groups is 2. The number of carboxylic acids is 1. The van der Waals surface area contributed by atoms with E-state index in [1.807, 2.05) is 0 Å². The molecule has 0 amide bonds. The topological polar surface area (TPSA) is 63.6 Å². The lowest BCUT2D eigenvalue weighted by molar-refractivity contribution is -0.156. The third-order valence-electron chi connectivity index (χ3n) is 2.37. The summed E-state index contributed by atoms with van der Waals surface area (Å²) < 4.78 is 4.84. The minimum absolute atomic E-state index is 0.331. The predicted octanol–water partition coefficient (Wildman–Crippen LogP) is 1.16. The van der Waals surface area contributed by atoms with Crippen LogP contribution in [-0.2, 0) is 15.1 Å². The number of cyclic esters (lactones) is 1. The van der Waals surface area contributed by atoms with Gasteiger partial charge >= 0.3 is 11.9 Å². The number of hydrogen-bond acceptors (Lipinski definition) is 3. The molecule has 1 atom stereocenters. The van der Waals surface area contributed by atoms with Gasteiger partial charge in [-0.1, -0.05) is 18.2 Å². The van der Waals surface area contributed by atoms with E-state index in [2.05, 4.69) is 0 Å². The predicted molar refractivity (Wildman–Crippen MR) is 46.8 cm³/mol. The molecule has 0 bridgehead atoms. The zero-order valence-corrected chi connectivity index (χ0v) is 7.48. The lowest BCUT2D eigenvalue weighted by atomic mass is 9.94. The molecule has 1 N–H and O–H groups in total. The molecule has 0 unspecified atom stereocenters. The summed E-state index contributed by atoms with van der Waals surface area (Å²) in [5, 5.41) is 8.96. The first kappa shape index (κ1) is 8.74. The molecule has 0 fully saturated rings. The summed E-state index contributed by atoms with van der Waals surface area (Å²) in [7, 11) is 0. The van der Waals surface area contributed by atoms with Crippen LogP contribution in [0, 0.1) is 0 Å².